The van der Waals surface area contributed by atoms with Gasteiger partial charge in [-0.25, -0.2) is 0 Å². The third kappa shape index (κ3) is 1.80. The van der Waals surface area contributed by atoms with Crippen molar-refractivity contribution in [3.8, 4) is 11.5 Å². The van der Waals surface area contributed by atoms with E-state index in [0.717, 1.165) is 29.9 Å². The van der Waals surface area contributed by atoms with Gasteiger partial charge in [-0.1, -0.05) is 18.7 Å². The van der Waals surface area contributed by atoms with E-state index < -0.39 is 0 Å². The first-order valence-corrected chi connectivity index (χ1v) is 6.18. The number of hydrogen-bond donors (Lipinski definition) is 1. The topological polar surface area (TPSA) is 45.1 Å². The van der Waals surface area contributed by atoms with Crippen LogP contribution >= 0.6 is 0 Å². The molecule has 0 saturated carbocycles. The van der Waals surface area contributed by atoms with E-state index in [1.165, 1.54) is 12.7 Å². The highest BCUT2D eigenvalue weighted by atomic mass is 16.5. The summed E-state index contributed by atoms with van der Waals surface area (Å²) in [6.45, 7) is 9.01. The third-order valence-corrected chi connectivity index (χ3v) is 3.63. The first kappa shape index (κ1) is 11.8. The number of ether oxygens (including phenoxy) is 1. The highest BCUT2D eigenvalue weighted by Gasteiger charge is 2.30. The van der Waals surface area contributed by atoms with E-state index in [0.29, 0.717) is 5.75 Å². The number of hydrogen-bond acceptors (Lipinski definition) is 4. The second-order valence-corrected chi connectivity index (χ2v) is 4.92. The van der Waals surface area contributed by atoms with Crippen LogP contribution in [-0.4, -0.2) is 35.9 Å². The number of benzene rings is 1. The van der Waals surface area contributed by atoms with Crippen LogP contribution in [-0.2, 0) is 0 Å². The molecule has 19 heavy (non-hydrogen) atoms. The number of aromatic hydroxyl groups is 1. The van der Waals surface area contributed by atoms with E-state index in [1.54, 1.807) is 12.1 Å². The predicted molar refractivity (Wildman–Crippen MR) is 76.1 cm³/mol. The van der Waals surface area contributed by atoms with Gasteiger partial charge in [-0.05, 0) is 12.5 Å². The van der Waals surface area contributed by atoms with Gasteiger partial charge in [-0.3, -0.25) is 4.99 Å². The molecule has 1 atom stereocenters. The zero-order valence-electron chi connectivity index (χ0n) is 10.9. The molecule has 4 nitrogen and oxygen atoms in total. The SMILES string of the molecule is C=C1C[C@H]2C=Nc3cc(O)c(OC)cc3C(=C)N2C1. The maximum atomic E-state index is 9.83. The van der Waals surface area contributed by atoms with Gasteiger partial charge in [0.25, 0.3) is 0 Å². The molecule has 0 unspecified atom stereocenters. The molecule has 3 rings (SSSR count). The Morgan fingerprint density at radius 3 is 2.95 bits per heavy atom. The normalized spacial score (nSPS) is 21.1. The Kier molecular flexibility index (Phi) is 2.59. The van der Waals surface area contributed by atoms with Crippen LogP contribution in [0.4, 0.5) is 5.69 Å². The van der Waals surface area contributed by atoms with E-state index in [2.05, 4.69) is 23.1 Å². The van der Waals surface area contributed by atoms with Crippen LogP contribution in [0.3, 0.4) is 0 Å². The average molecular weight is 256 g/mol. The van der Waals surface area contributed by atoms with Crippen molar-refractivity contribution in [2.75, 3.05) is 13.7 Å². The van der Waals surface area contributed by atoms with Crippen LogP contribution in [0.1, 0.15) is 12.0 Å². The molecule has 0 radical (unpaired) electrons. The highest BCUT2D eigenvalue weighted by Crippen LogP contribution is 2.41. The lowest BCUT2D eigenvalue weighted by atomic mass is 10.1. The first-order valence-electron chi connectivity index (χ1n) is 6.18. The summed E-state index contributed by atoms with van der Waals surface area (Å²) < 4.78 is 5.15. The molecule has 2 aliphatic heterocycles. The predicted octanol–water partition coefficient (Wildman–Crippen LogP) is 2.72. The minimum atomic E-state index is 0.0951. The molecule has 0 bridgehead atoms. The fraction of sp³-hybridized carbons (Fsp3) is 0.267. The molecule has 1 N–H and O–H groups in total. The molecule has 0 aliphatic carbocycles. The molecule has 98 valence electrons. The minimum absolute atomic E-state index is 0.0951. The van der Waals surface area contributed by atoms with Crippen molar-refractivity contribution in [1.29, 1.82) is 0 Å². The Hall–Kier alpha value is -2.23. The van der Waals surface area contributed by atoms with Crippen molar-refractivity contribution >= 4 is 17.6 Å². The van der Waals surface area contributed by atoms with E-state index >= 15 is 0 Å². The van der Waals surface area contributed by atoms with Crippen LogP contribution in [0.25, 0.3) is 5.70 Å². The monoisotopic (exact) mass is 256 g/mol. The lowest BCUT2D eigenvalue weighted by Gasteiger charge is -2.24. The van der Waals surface area contributed by atoms with Gasteiger partial charge in [-0.15, -0.1) is 0 Å². The quantitative estimate of drug-likeness (QED) is 0.786. The second-order valence-electron chi connectivity index (χ2n) is 4.92. The Bertz CT molecular complexity index is 604. The van der Waals surface area contributed by atoms with Gasteiger partial charge < -0.3 is 14.7 Å². The van der Waals surface area contributed by atoms with E-state index in [-0.39, 0.29) is 11.8 Å². The fourth-order valence-corrected chi connectivity index (χ4v) is 2.64. The first-order chi connectivity index (χ1) is 9.10. The van der Waals surface area contributed by atoms with Crippen molar-refractivity contribution in [2.45, 2.75) is 12.5 Å². The van der Waals surface area contributed by atoms with Gasteiger partial charge in [0.15, 0.2) is 11.5 Å². The number of fused-ring (bicyclic) bond motifs is 2. The summed E-state index contributed by atoms with van der Waals surface area (Å²) in [6, 6.07) is 3.61. The number of phenolic OH excluding ortho intramolecular Hbond substituents is 1. The van der Waals surface area contributed by atoms with E-state index in [9.17, 15) is 5.11 Å². The van der Waals surface area contributed by atoms with Gasteiger partial charge in [0.1, 0.15) is 0 Å². The Morgan fingerprint density at radius 2 is 2.21 bits per heavy atom. The van der Waals surface area contributed by atoms with Gasteiger partial charge in [-0.2, -0.15) is 0 Å². The number of rotatable bonds is 1. The summed E-state index contributed by atoms with van der Waals surface area (Å²) in [6.07, 6.45) is 2.81. The second kappa shape index (κ2) is 4.16. The molecule has 0 spiro atoms. The fourth-order valence-electron chi connectivity index (χ4n) is 2.64. The molecule has 1 aromatic carbocycles. The van der Waals surface area contributed by atoms with Crippen molar-refractivity contribution in [3.63, 3.8) is 0 Å². The molecule has 0 aromatic heterocycles. The lowest BCUT2D eigenvalue weighted by Crippen LogP contribution is -2.27. The summed E-state index contributed by atoms with van der Waals surface area (Å²) in [5.41, 5.74) is 3.70. The molecule has 2 heterocycles. The maximum absolute atomic E-state index is 9.83. The molecule has 1 aromatic rings. The van der Waals surface area contributed by atoms with Gasteiger partial charge >= 0.3 is 0 Å². The van der Waals surface area contributed by atoms with E-state index in [4.69, 9.17) is 4.74 Å². The van der Waals surface area contributed by atoms with Crippen LogP contribution in [0.2, 0.25) is 0 Å². The molecular weight excluding hydrogens is 240 g/mol. The summed E-state index contributed by atoms with van der Waals surface area (Å²) in [4.78, 5) is 6.66. The van der Waals surface area contributed by atoms with Crippen molar-refractivity contribution in [2.24, 2.45) is 4.99 Å². The summed E-state index contributed by atoms with van der Waals surface area (Å²) in [7, 11) is 1.53. The average Bonchev–Trinajstić information content (AvgIpc) is 2.71. The van der Waals surface area contributed by atoms with Crippen LogP contribution < -0.4 is 4.74 Å². The largest absolute Gasteiger partial charge is 0.504 e. The van der Waals surface area contributed by atoms with Crippen molar-refractivity contribution in [1.82, 2.24) is 4.90 Å². The maximum Gasteiger partial charge on any atom is 0.161 e. The molecule has 0 amide bonds. The highest BCUT2D eigenvalue weighted by molar-refractivity contribution is 5.84. The molecule has 4 heteroatoms. The lowest BCUT2D eigenvalue weighted by molar-refractivity contribution is 0.373. The minimum Gasteiger partial charge on any atom is -0.504 e. The van der Waals surface area contributed by atoms with Crippen molar-refractivity contribution < 1.29 is 9.84 Å². The zero-order chi connectivity index (χ0) is 13.6. The standard InChI is InChI=1S/C15H16N2O2/c1-9-4-11-7-16-13-6-14(18)15(19-3)5-12(13)10(2)17(11)8-9/h5-7,11,18H,1-2,4,8H2,3H3/t11-/m0/s1. The van der Waals surface area contributed by atoms with E-state index in [1.807, 2.05) is 6.21 Å². The number of phenols is 1. The number of methoxy groups -OCH3 is 1. The Labute approximate surface area is 112 Å². The number of nitrogens with zero attached hydrogens (tertiary/aromatic N) is 2. The van der Waals surface area contributed by atoms with Crippen molar-refractivity contribution in [3.05, 3.63) is 36.4 Å². The molecule has 1 fully saturated rings. The van der Waals surface area contributed by atoms with Crippen LogP contribution in [0.5, 0.6) is 11.5 Å². The summed E-state index contributed by atoms with van der Waals surface area (Å²) in [5.74, 6) is 0.532. The van der Waals surface area contributed by atoms with Crippen LogP contribution in [0, 0.1) is 0 Å². The summed E-state index contributed by atoms with van der Waals surface area (Å²) in [5, 5.41) is 9.83. The summed E-state index contributed by atoms with van der Waals surface area (Å²) >= 11 is 0. The van der Waals surface area contributed by atoms with Gasteiger partial charge in [0, 0.05) is 30.1 Å². The van der Waals surface area contributed by atoms with Gasteiger partial charge in [0.05, 0.1) is 18.8 Å². The Morgan fingerprint density at radius 1 is 1.42 bits per heavy atom. The Balaban J connectivity index is 2.11. The number of aliphatic imine (C=N–C) groups is 1. The molecule has 2 aliphatic rings. The molecule has 1 saturated heterocycles. The zero-order valence-corrected chi connectivity index (χ0v) is 10.9. The van der Waals surface area contributed by atoms with Gasteiger partial charge in [0.2, 0.25) is 0 Å². The smallest absolute Gasteiger partial charge is 0.161 e. The van der Waals surface area contributed by atoms with Crippen LogP contribution in [0.15, 0.2) is 35.9 Å². The third-order valence-electron chi connectivity index (χ3n) is 3.63. The molecular formula is C15H16N2O2.